The summed E-state index contributed by atoms with van der Waals surface area (Å²) in [6.07, 6.45) is 0. The summed E-state index contributed by atoms with van der Waals surface area (Å²) >= 11 is 5.64. The van der Waals surface area contributed by atoms with Crippen molar-refractivity contribution in [2.24, 2.45) is 0 Å². The van der Waals surface area contributed by atoms with Crippen LogP contribution in [0.25, 0.3) is 215 Å². The van der Waals surface area contributed by atoms with E-state index < -0.39 is 0 Å². The van der Waals surface area contributed by atoms with Gasteiger partial charge < -0.3 is 14.2 Å². The maximum absolute atomic E-state index is 6.26. The molecule has 4 heterocycles. The van der Waals surface area contributed by atoms with E-state index in [9.17, 15) is 0 Å². The molecule has 3 nitrogen and oxygen atoms in total. The van der Waals surface area contributed by atoms with E-state index >= 15 is 0 Å². The summed E-state index contributed by atoms with van der Waals surface area (Å²) < 4.78 is 14.2. The van der Waals surface area contributed by atoms with Gasteiger partial charge in [0.05, 0.1) is 0 Å². The molecule has 6 heteroatoms. The Hall–Kier alpha value is -16.3. The standard InChI is InChI=1S/C70H45NOS.C56H35NS2/c1-2-11-46(12-3-1)51-14-8-15-52(41-51)47-23-32-59(33-24-47)71(60-34-25-48(26-35-60)53-16-9-18-55(42-53)57-29-38-64-63-21-6-7-22-66(63)72-67(64)44-57)61-36-27-49(28-37-61)54-17-10-19-56(43-54)58-30-39-65-69(45-58)73-68-40-31-50-13-4-5-20-62(50)70(65)68;1-2-10-36(11-3-1)37-18-26-42(27-19-37)57(43-28-20-38(21-29-43)41-25-32-53-51(34-41)55-45-13-5-4-12-39(45)24-33-54(55)58-53)44-30-22-40(23-31-44)49-35-50-47-15-8-9-17-52(47)59-56(50)48-16-7-6-14-46(48)49/h1-45H;1-35H. The molecule has 0 fully saturated rings. The van der Waals surface area contributed by atoms with E-state index in [1.165, 1.54) is 171 Å². The lowest BCUT2D eigenvalue weighted by Gasteiger charge is -2.26. The average molecular weight is 1730 g/mol. The number of rotatable bonds is 15. The molecule has 0 aliphatic heterocycles. The normalized spacial score (nSPS) is 11.6. The summed E-state index contributed by atoms with van der Waals surface area (Å²) in [5, 5.41) is 18.1. The fourth-order valence-electron chi connectivity index (χ4n) is 19.7. The Morgan fingerprint density at radius 2 is 0.477 bits per heavy atom. The molecule has 0 saturated carbocycles. The number of hydrogen-bond acceptors (Lipinski definition) is 6. The monoisotopic (exact) mass is 1730 g/mol. The van der Waals surface area contributed by atoms with Crippen molar-refractivity contribution in [2.75, 3.05) is 9.80 Å². The zero-order valence-corrected chi connectivity index (χ0v) is 74.2. The second-order valence-electron chi connectivity index (χ2n) is 34.1. The zero-order valence-electron chi connectivity index (χ0n) is 71.7. The molecular formula is C126H80N2OS3. The highest BCUT2D eigenvalue weighted by molar-refractivity contribution is 7.27. The molecule has 0 saturated heterocycles. The van der Waals surface area contributed by atoms with Crippen LogP contribution in [0.1, 0.15) is 0 Å². The largest absolute Gasteiger partial charge is 0.456 e. The van der Waals surface area contributed by atoms with E-state index in [1.807, 2.05) is 46.1 Å². The molecule has 0 aliphatic carbocycles. The first-order chi connectivity index (χ1) is 65.4. The predicted octanol–water partition coefficient (Wildman–Crippen LogP) is 37.8. The molecule has 0 spiro atoms. The van der Waals surface area contributed by atoms with Gasteiger partial charge in [-0.2, -0.15) is 0 Å². The second-order valence-corrected chi connectivity index (χ2v) is 37.3. The minimum Gasteiger partial charge on any atom is -0.456 e. The number of anilines is 6. The van der Waals surface area contributed by atoms with Crippen LogP contribution in [-0.2, 0) is 0 Å². The highest BCUT2D eigenvalue weighted by Gasteiger charge is 2.22. The molecule has 4 aromatic heterocycles. The molecule has 22 aromatic carbocycles. The van der Waals surface area contributed by atoms with Gasteiger partial charge in [0.2, 0.25) is 0 Å². The highest BCUT2D eigenvalue weighted by atomic mass is 32.1. The lowest BCUT2D eigenvalue weighted by Crippen LogP contribution is -2.09. The van der Waals surface area contributed by atoms with Gasteiger partial charge >= 0.3 is 0 Å². The van der Waals surface area contributed by atoms with Gasteiger partial charge in [0, 0.05) is 111 Å². The molecule has 0 N–H and O–H groups in total. The van der Waals surface area contributed by atoms with Crippen LogP contribution in [0, 0.1) is 0 Å². The first-order valence-electron chi connectivity index (χ1n) is 44.9. The topological polar surface area (TPSA) is 19.6 Å². The van der Waals surface area contributed by atoms with Crippen molar-refractivity contribution in [1.29, 1.82) is 0 Å². The molecule has 0 radical (unpaired) electrons. The molecule has 26 aromatic rings. The van der Waals surface area contributed by atoms with Crippen molar-refractivity contribution in [1.82, 2.24) is 0 Å². The van der Waals surface area contributed by atoms with Crippen LogP contribution < -0.4 is 9.80 Å². The predicted molar refractivity (Wildman–Crippen MR) is 570 cm³/mol. The van der Waals surface area contributed by atoms with Gasteiger partial charge in [-0.1, -0.05) is 334 Å². The summed E-state index contributed by atoms with van der Waals surface area (Å²) in [5.41, 5.74) is 29.8. The van der Waals surface area contributed by atoms with Crippen LogP contribution in [-0.4, -0.2) is 0 Å². The van der Waals surface area contributed by atoms with Crippen molar-refractivity contribution in [3.63, 3.8) is 0 Å². The lowest BCUT2D eigenvalue weighted by atomic mass is 9.95. The maximum atomic E-state index is 6.26. The fourth-order valence-corrected chi connectivity index (χ4v) is 23.2. The molecule has 0 aliphatic rings. The third kappa shape index (κ3) is 14.3. The molecule has 0 amide bonds. The van der Waals surface area contributed by atoms with Crippen molar-refractivity contribution in [3.8, 4) is 100 Å². The van der Waals surface area contributed by atoms with Crippen LogP contribution in [0.4, 0.5) is 34.1 Å². The quantitative estimate of drug-likeness (QED) is 0.102. The van der Waals surface area contributed by atoms with Gasteiger partial charge in [-0.25, -0.2) is 0 Å². The molecule has 26 rings (SSSR count). The molecular weight excluding hydrogens is 1650 g/mol. The van der Waals surface area contributed by atoms with Gasteiger partial charge in [0.1, 0.15) is 11.2 Å². The summed E-state index contributed by atoms with van der Waals surface area (Å²) in [7, 11) is 0. The highest BCUT2D eigenvalue weighted by Crippen LogP contribution is 2.49. The number of fused-ring (bicyclic) bond motifs is 18. The number of benzene rings is 22. The van der Waals surface area contributed by atoms with Crippen molar-refractivity contribution < 1.29 is 4.42 Å². The van der Waals surface area contributed by atoms with Gasteiger partial charge in [0.15, 0.2) is 0 Å². The summed E-state index contributed by atoms with van der Waals surface area (Å²) in [4.78, 5) is 4.73. The number of nitrogens with zero attached hydrogens (tertiary/aromatic N) is 2. The van der Waals surface area contributed by atoms with Crippen LogP contribution in [0.15, 0.2) is 490 Å². The maximum Gasteiger partial charge on any atom is 0.136 e. The van der Waals surface area contributed by atoms with E-state index in [2.05, 4.69) is 483 Å². The van der Waals surface area contributed by atoms with Crippen LogP contribution >= 0.6 is 34.0 Å². The zero-order chi connectivity index (χ0) is 87.1. The van der Waals surface area contributed by atoms with Crippen molar-refractivity contribution >= 4 is 183 Å². The molecule has 0 atom stereocenters. The van der Waals surface area contributed by atoms with Crippen LogP contribution in [0.2, 0.25) is 0 Å². The van der Waals surface area contributed by atoms with Crippen LogP contribution in [0.5, 0.6) is 0 Å². The Labute approximate surface area is 776 Å². The van der Waals surface area contributed by atoms with Crippen molar-refractivity contribution in [2.45, 2.75) is 0 Å². The fraction of sp³-hybridized carbons (Fsp3) is 0. The van der Waals surface area contributed by atoms with E-state index in [4.69, 9.17) is 4.42 Å². The van der Waals surface area contributed by atoms with E-state index in [1.54, 1.807) is 0 Å². The lowest BCUT2D eigenvalue weighted by molar-refractivity contribution is 0.669. The molecule has 0 bridgehead atoms. The van der Waals surface area contributed by atoms with E-state index in [0.717, 1.165) is 78.3 Å². The second kappa shape index (κ2) is 33.1. The average Bonchev–Trinajstić information content (AvgIpc) is 1.59. The van der Waals surface area contributed by atoms with Gasteiger partial charge in [-0.3, -0.25) is 0 Å². The molecule has 0 unspecified atom stereocenters. The Kier molecular flexibility index (Phi) is 19.5. The Balaban J connectivity index is 0.000000145. The number of furan rings is 1. The minimum atomic E-state index is 0.902. The van der Waals surface area contributed by atoms with E-state index in [-0.39, 0.29) is 0 Å². The van der Waals surface area contributed by atoms with Crippen LogP contribution in [0.3, 0.4) is 0 Å². The summed E-state index contributed by atoms with van der Waals surface area (Å²) in [6.45, 7) is 0. The minimum absolute atomic E-state index is 0.902. The number of hydrogen-bond donors (Lipinski definition) is 0. The Bertz CT molecular complexity index is 8920. The van der Waals surface area contributed by atoms with E-state index in [0.29, 0.717) is 0 Å². The third-order valence-corrected chi connectivity index (χ3v) is 29.8. The molecule has 618 valence electrons. The third-order valence-electron chi connectivity index (χ3n) is 26.4. The molecule has 132 heavy (non-hydrogen) atoms. The summed E-state index contributed by atoms with van der Waals surface area (Å²) in [5.74, 6) is 0. The number of thiophene rings is 3. The Morgan fingerprint density at radius 3 is 0.992 bits per heavy atom. The van der Waals surface area contributed by atoms with Gasteiger partial charge in [-0.15, -0.1) is 34.0 Å². The first kappa shape index (κ1) is 78.0. The Morgan fingerprint density at radius 1 is 0.152 bits per heavy atom. The number of para-hydroxylation sites is 1. The van der Waals surface area contributed by atoms with Crippen molar-refractivity contribution in [3.05, 3.63) is 485 Å². The first-order valence-corrected chi connectivity index (χ1v) is 47.4. The summed E-state index contributed by atoms with van der Waals surface area (Å²) in [6, 6.07) is 177. The van der Waals surface area contributed by atoms with Gasteiger partial charge in [0.25, 0.3) is 0 Å². The smallest absolute Gasteiger partial charge is 0.136 e. The SMILES string of the molecule is c1ccc(-c2ccc(N(c3ccc(-c4ccc5sc6ccc7ccccc7c6c5c4)cc3)c3ccc(-c4cc5c6ccccc6sc5c5ccccc45)cc3)cc2)cc1.c1ccc(-c2cccc(-c3ccc(N(c4ccc(-c5cccc(-c6ccc7c(c6)oc6ccccc67)c5)cc4)c4ccc(-c5cccc(-c6ccc7c(c6)sc6ccc8ccccc8c67)c5)cc4)cc3)c2)cc1. The van der Waals surface area contributed by atoms with Gasteiger partial charge in [-0.05, 0) is 279 Å².